The second-order valence-corrected chi connectivity index (χ2v) is 4.97. The van der Waals surface area contributed by atoms with Crippen molar-refractivity contribution in [2.75, 3.05) is 13.1 Å². The van der Waals surface area contributed by atoms with Crippen molar-refractivity contribution in [1.82, 2.24) is 4.90 Å². The van der Waals surface area contributed by atoms with Crippen LogP contribution in [0.3, 0.4) is 0 Å². The fraction of sp³-hybridized carbons (Fsp3) is 0.538. The average molecular weight is 239 g/mol. The smallest absolute Gasteiger partial charge is 0.164 e. The molecule has 2 atom stereocenters. The third-order valence-corrected chi connectivity index (χ3v) is 4.11. The van der Waals surface area contributed by atoms with Gasteiger partial charge in [-0.1, -0.05) is 12.1 Å². The first-order valence-electron chi connectivity index (χ1n) is 6.04. The minimum absolute atomic E-state index is 0.0567. The van der Waals surface area contributed by atoms with Crippen LogP contribution < -0.4 is 0 Å². The minimum atomic E-state index is -1.22. The molecule has 0 aromatic heterocycles. The Morgan fingerprint density at radius 1 is 1.29 bits per heavy atom. The van der Waals surface area contributed by atoms with E-state index in [4.69, 9.17) is 0 Å². The molecule has 2 unspecified atom stereocenters. The number of hydrogen-bond acceptors (Lipinski definition) is 2. The first-order valence-corrected chi connectivity index (χ1v) is 6.04. The molecular weight excluding hydrogens is 224 g/mol. The van der Waals surface area contributed by atoms with Gasteiger partial charge >= 0.3 is 0 Å². The van der Waals surface area contributed by atoms with E-state index < -0.39 is 17.2 Å². The molecule has 0 bridgehead atoms. The molecule has 17 heavy (non-hydrogen) atoms. The molecule has 3 rings (SSSR count). The largest absolute Gasteiger partial charge is 0.383 e. The first kappa shape index (κ1) is 11.1. The van der Waals surface area contributed by atoms with Gasteiger partial charge in [0.2, 0.25) is 0 Å². The molecule has 1 aromatic carbocycles. The van der Waals surface area contributed by atoms with Crippen LogP contribution in [0.5, 0.6) is 0 Å². The lowest BCUT2D eigenvalue weighted by atomic mass is 9.85. The van der Waals surface area contributed by atoms with E-state index in [1.54, 1.807) is 0 Å². The summed E-state index contributed by atoms with van der Waals surface area (Å²) in [5, 5.41) is 10.7. The SMILES string of the molecule is OC1(c2cccc(F)c2F)CCN2CCCC21. The van der Waals surface area contributed by atoms with Crippen LogP contribution in [0.2, 0.25) is 0 Å². The Kier molecular flexibility index (Phi) is 2.45. The van der Waals surface area contributed by atoms with Crippen LogP contribution in [-0.2, 0) is 5.60 Å². The van der Waals surface area contributed by atoms with Crippen molar-refractivity contribution < 1.29 is 13.9 Å². The molecule has 0 spiro atoms. The highest BCUT2D eigenvalue weighted by Gasteiger charge is 2.50. The summed E-state index contributed by atoms with van der Waals surface area (Å²) in [4.78, 5) is 2.17. The van der Waals surface area contributed by atoms with Gasteiger partial charge in [-0.25, -0.2) is 8.78 Å². The number of nitrogens with zero attached hydrogens (tertiary/aromatic N) is 1. The van der Waals surface area contributed by atoms with E-state index >= 15 is 0 Å². The number of halogens is 2. The Hall–Kier alpha value is -1.00. The van der Waals surface area contributed by atoms with Crippen LogP contribution in [0.15, 0.2) is 18.2 Å². The van der Waals surface area contributed by atoms with E-state index in [1.165, 1.54) is 12.1 Å². The van der Waals surface area contributed by atoms with E-state index in [0.717, 1.165) is 32.0 Å². The zero-order valence-electron chi connectivity index (χ0n) is 9.50. The monoisotopic (exact) mass is 239 g/mol. The van der Waals surface area contributed by atoms with Gasteiger partial charge in [0.1, 0.15) is 5.60 Å². The van der Waals surface area contributed by atoms with E-state index in [-0.39, 0.29) is 11.6 Å². The van der Waals surface area contributed by atoms with Crippen molar-refractivity contribution in [3.05, 3.63) is 35.4 Å². The van der Waals surface area contributed by atoms with Crippen molar-refractivity contribution in [1.29, 1.82) is 0 Å². The summed E-state index contributed by atoms with van der Waals surface area (Å²) in [5.41, 5.74) is -1.10. The maximum atomic E-state index is 13.8. The standard InChI is InChI=1S/C13H15F2NO/c14-10-4-1-3-9(12(10)15)13(17)6-8-16-7-2-5-11(13)16/h1,3-4,11,17H,2,5-8H2. The molecule has 1 N–H and O–H groups in total. The molecule has 0 saturated carbocycles. The van der Waals surface area contributed by atoms with Crippen LogP contribution in [-0.4, -0.2) is 29.1 Å². The molecule has 92 valence electrons. The third-order valence-electron chi connectivity index (χ3n) is 4.11. The molecule has 1 aromatic rings. The summed E-state index contributed by atoms with van der Waals surface area (Å²) in [6, 6.07) is 3.99. The number of aliphatic hydroxyl groups is 1. The molecule has 2 nitrogen and oxygen atoms in total. The molecule has 2 saturated heterocycles. The summed E-state index contributed by atoms with van der Waals surface area (Å²) in [5.74, 6) is -1.78. The minimum Gasteiger partial charge on any atom is -0.383 e. The highest BCUT2D eigenvalue weighted by atomic mass is 19.2. The van der Waals surface area contributed by atoms with Crippen molar-refractivity contribution in [3.63, 3.8) is 0 Å². The Morgan fingerprint density at radius 2 is 2.12 bits per heavy atom. The number of hydrogen-bond donors (Lipinski definition) is 1. The Bertz CT molecular complexity index is 451. The lowest BCUT2D eigenvalue weighted by molar-refractivity contribution is 0.00565. The van der Waals surface area contributed by atoms with Crippen molar-refractivity contribution in [2.24, 2.45) is 0 Å². The van der Waals surface area contributed by atoms with Crippen LogP contribution in [0.25, 0.3) is 0 Å². The fourth-order valence-electron chi connectivity index (χ4n) is 3.27. The molecule has 0 amide bonds. The summed E-state index contributed by atoms with van der Waals surface area (Å²) >= 11 is 0. The van der Waals surface area contributed by atoms with Gasteiger partial charge < -0.3 is 5.11 Å². The third kappa shape index (κ3) is 1.51. The fourth-order valence-corrected chi connectivity index (χ4v) is 3.27. The molecule has 2 aliphatic heterocycles. The molecular formula is C13H15F2NO. The van der Waals surface area contributed by atoms with Gasteiger partial charge in [-0.05, 0) is 31.9 Å². The number of benzene rings is 1. The average Bonchev–Trinajstić information content (AvgIpc) is 2.88. The van der Waals surface area contributed by atoms with Crippen molar-refractivity contribution >= 4 is 0 Å². The van der Waals surface area contributed by atoms with Gasteiger partial charge in [-0.2, -0.15) is 0 Å². The van der Waals surface area contributed by atoms with Crippen LogP contribution >= 0.6 is 0 Å². The zero-order valence-corrected chi connectivity index (χ0v) is 9.50. The van der Waals surface area contributed by atoms with Crippen LogP contribution in [0, 0.1) is 11.6 Å². The lowest BCUT2D eigenvalue weighted by Crippen LogP contribution is -2.39. The summed E-state index contributed by atoms with van der Waals surface area (Å²) in [7, 11) is 0. The van der Waals surface area contributed by atoms with Gasteiger partial charge in [-0.3, -0.25) is 4.90 Å². The normalized spacial score (nSPS) is 33.0. The highest BCUT2D eigenvalue weighted by Crippen LogP contribution is 2.43. The van der Waals surface area contributed by atoms with E-state index in [0.29, 0.717) is 6.42 Å². The van der Waals surface area contributed by atoms with Gasteiger partial charge in [-0.15, -0.1) is 0 Å². The van der Waals surface area contributed by atoms with E-state index in [2.05, 4.69) is 4.90 Å². The number of rotatable bonds is 1. The number of fused-ring (bicyclic) bond motifs is 1. The molecule has 0 aliphatic carbocycles. The lowest BCUT2D eigenvalue weighted by Gasteiger charge is -2.30. The molecule has 0 radical (unpaired) electrons. The van der Waals surface area contributed by atoms with Crippen molar-refractivity contribution in [2.45, 2.75) is 30.9 Å². The highest BCUT2D eigenvalue weighted by molar-refractivity contribution is 5.29. The second-order valence-electron chi connectivity index (χ2n) is 4.97. The van der Waals surface area contributed by atoms with Gasteiger partial charge in [0.05, 0.1) is 0 Å². The maximum absolute atomic E-state index is 13.8. The first-order chi connectivity index (χ1) is 8.13. The molecule has 2 fully saturated rings. The topological polar surface area (TPSA) is 23.5 Å². The second kappa shape index (κ2) is 3.75. The van der Waals surface area contributed by atoms with E-state index in [1.807, 2.05) is 0 Å². The maximum Gasteiger partial charge on any atom is 0.164 e. The summed E-state index contributed by atoms with van der Waals surface area (Å²) < 4.78 is 27.0. The van der Waals surface area contributed by atoms with Crippen molar-refractivity contribution in [3.8, 4) is 0 Å². The summed E-state index contributed by atoms with van der Waals surface area (Å²) in [6.45, 7) is 1.71. The summed E-state index contributed by atoms with van der Waals surface area (Å²) in [6.07, 6.45) is 2.36. The Balaban J connectivity index is 2.05. The van der Waals surface area contributed by atoms with Gasteiger partial charge in [0, 0.05) is 18.2 Å². The van der Waals surface area contributed by atoms with E-state index in [9.17, 15) is 13.9 Å². The van der Waals surface area contributed by atoms with Gasteiger partial charge in [0.15, 0.2) is 11.6 Å². The Labute approximate surface area is 98.9 Å². The molecule has 2 aliphatic rings. The predicted molar refractivity (Wildman–Crippen MR) is 59.5 cm³/mol. The van der Waals surface area contributed by atoms with Crippen LogP contribution in [0.4, 0.5) is 8.78 Å². The molecule has 2 heterocycles. The van der Waals surface area contributed by atoms with Gasteiger partial charge in [0.25, 0.3) is 0 Å². The Morgan fingerprint density at radius 3 is 2.94 bits per heavy atom. The quantitative estimate of drug-likeness (QED) is 0.810. The molecule has 4 heteroatoms. The zero-order chi connectivity index (χ0) is 12.0. The van der Waals surface area contributed by atoms with Crippen LogP contribution in [0.1, 0.15) is 24.8 Å². The predicted octanol–water partition coefficient (Wildman–Crippen LogP) is 2.02.